The zero-order valence-corrected chi connectivity index (χ0v) is 11.9. The van der Waals surface area contributed by atoms with Crippen LogP contribution in [0.1, 0.15) is 17.2 Å². The lowest BCUT2D eigenvalue weighted by Crippen LogP contribution is -2.44. The zero-order chi connectivity index (χ0) is 14.4. The van der Waals surface area contributed by atoms with Crippen LogP contribution in [0.4, 0.5) is 0 Å². The highest BCUT2D eigenvalue weighted by Crippen LogP contribution is 2.28. The average molecular weight is 278 g/mol. The van der Waals surface area contributed by atoms with Crippen LogP contribution in [-0.2, 0) is 20.7 Å². The lowest BCUT2D eigenvalue weighted by Gasteiger charge is -2.36. The molecule has 0 aliphatic carbocycles. The highest BCUT2D eigenvalue weighted by Gasteiger charge is 2.29. The fraction of sp³-hybridized carbons (Fsp3) is 0.533. The summed E-state index contributed by atoms with van der Waals surface area (Å²) in [5.41, 5.74) is 8.31. The Morgan fingerprint density at radius 1 is 1.40 bits per heavy atom. The molecule has 0 aromatic heterocycles. The minimum Gasteiger partial charge on any atom is -0.382 e. The van der Waals surface area contributed by atoms with Gasteiger partial charge >= 0.3 is 0 Å². The van der Waals surface area contributed by atoms with Crippen LogP contribution in [0.3, 0.4) is 0 Å². The van der Waals surface area contributed by atoms with E-state index in [1.807, 2.05) is 17.0 Å². The van der Waals surface area contributed by atoms with Crippen molar-refractivity contribution in [2.45, 2.75) is 12.5 Å². The maximum atomic E-state index is 12.2. The number of amides is 1. The van der Waals surface area contributed by atoms with E-state index in [-0.39, 0.29) is 18.6 Å². The van der Waals surface area contributed by atoms with E-state index in [1.54, 1.807) is 7.11 Å². The topological polar surface area (TPSA) is 64.8 Å². The highest BCUT2D eigenvalue weighted by atomic mass is 16.5. The van der Waals surface area contributed by atoms with Crippen molar-refractivity contribution < 1.29 is 14.3 Å². The van der Waals surface area contributed by atoms with Crippen molar-refractivity contribution in [3.8, 4) is 0 Å². The number of carbonyl (C=O) groups excluding carboxylic acids is 1. The molecule has 5 nitrogen and oxygen atoms in total. The van der Waals surface area contributed by atoms with Crippen molar-refractivity contribution in [2.24, 2.45) is 5.73 Å². The molecule has 1 atom stereocenters. The first-order valence-corrected chi connectivity index (χ1v) is 6.92. The molecule has 0 fully saturated rings. The molecule has 0 radical (unpaired) electrons. The number of ether oxygens (including phenoxy) is 2. The number of hydrogen-bond acceptors (Lipinski definition) is 4. The Kier molecular flexibility index (Phi) is 5.52. The molecule has 0 bridgehead atoms. The lowest BCUT2D eigenvalue weighted by atomic mass is 9.92. The van der Waals surface area contributed by atoms with Crippen LogP contribution in [0.25, 0.3) is 0 Å². The number of nitrogens with zero attached hydrogens (tertiary/aromatic N) is 1. The SMILES string of the molecule is COCCOCC(=O)N1CCc2ccccc2C1CN. The summed E-state index contributed by atoms with van der Waals surface area (Å²) in [5.74, 6) is -0.00828. The van der Waals surface area contributed by atoms with Crippen molar-refractivity contribution in [1.29, 1.82) is 0 Å². The van der Waals surface area contributed by atoms with Crippen LogP contribution in [0, 0.1) is 0 Å². The van der Waals surface area contributed by atoms with Crippen molar-refractivity contribution >= 4 is 5.91 Å². The summed E-state index contributed by atoms with van der Waals surface area (Å²) < 4.78 is 10.2. The van der Waals surface area contributed by atoms with Crippen LogP contribution in [-0.4, -0.2) is 50.8 Å². The van der Waals surface area contributed by atoms with E-state index >= 15 is 0 Å². The molecule has 1 aliphatic heterocycles. The molecule has 5 heteroatoms. The Morgan fingerprint density at radius 3 is 2.95 bits per heavy atom. The van der Waals surface area contributed by atoms with Gasteiger partial charge in [-0.15, -0.1) is 0 Å². The van der Waals surface area contributed by atoms with Crippen molar-refractivity contribution in [2.75, 3.05) is 40.0 Å². The molecule has 1 unspecified atom stereocenters. The average Bonchev–Trinajstić information content (AvgIpc) is 2.50. The number of hydrogen-bond donors (Lipinski definition) is 1. The number of methoxy groups -OCH3 is 1. The van der Waals surface area contributed by atoms with Crippen molar-refractivity contribution in [3.05, 3.63) is 35.4 Å². The van der Waals surface area contributed by atoms with Crippen LogP contribution in [0.5, 0.6) is 0 Å². The Labute approximate surface area is 119 Å². The molecule has 1 amide bonds. The highest BCUT2D eigenvalue weighted by molar-refractivity contribution is 5.78. The second-order valence-corrected chi connectivity index (χ2v) is 4.83. The van der Waals surface area contributed by atoms with E-state index in [0.717, 1.165) is 12.0 Å². The van der Waals surface area contributed by atoms with Gasteiger partial charge in [-0.2, -0.15) is 0 Å². The van der Waals surface area contributed by atoms with Crippen molar-refractivity contribution in [1.82, 2.24) is 4.90 Å². The van der Waals surface area contributed by atoms with Crippen molar-refractivity contribution in [3.63, 3.8) is 0 Å². The Balaban J connectivity index is 2.00. The van der Waals surface area contributed by atoms with Gasteiger partial charge in [-0.1, -0.05) is 24.3 Å². The Hall–Kier alpha value is -1.43. The summed E-state index contributed by atoms with van der Waals surface area (Å²) >= 11 is 0. The number of rotatable bonds is 6. The standard InChI is InChI=1S/C15H22N2O3/c1-19-8-9-20-11-15(18)17-7-6-12-4-2-3-5-13(12)14(17)10-16/h2-5,14H,6-11,16H2,1H3. The summed E-state index contributed by atoms with van der Waals surface area (Å²) in [7, 11) is 1.61. The molecular formula is C15H22N2O3. The summed E-state index contributed by atoms with van der Waals surface area (Å²) in [4.78, 5) is 14.1. The molecule has 1 aromatic carbocycles. The number of nitrogens with two attached hydrogens (primary N) is 1. The molecule has 2 rings (SSSR count). The third-order valence-corrected chi connectivity index (χ3v) is 3.61. The van der Waals surface area contributed by atoms with E-state index in [2.05, 4.69) is 12.1 Å². The van der Waals surface area contributed by atoms with Crippen LogP contribution < -0.4 is 5.73 Å². The molecule has 0 saturated heterocycles. The van der Waals surface area contributed by atoms with E-state index in [1.165, 1.54) is 5.56 Å². The van der Waals surface area contributed by atoms with Gasteiger partial charge in [-0.25, -0.2) is 0 Å². The Morgan fingerprint density at radius 2 is 2.20 bits per heavy atom. The van der Waals surface area contributed by atoms with Gasteiger partial charge in [0.1, 0.15) is 6.61 Å². The van der Waals surface area contributed by atoms with Gasteiger partial charge in [0.25, 0.3) is 0 Å². The molecule has 20 heavy (non-hydrogen) atoms. The minimum atomic E-state index is -0.0431. The van der Waals surface area contributed by atoms with Gasteiger partial charge in [0.15, 0.2) is 0 Å². The van der Waals surface area contributed by atoms with E-state index in [0.29, 0.717) is 26.3 Å². The monoisotopic (exact) mass is 278 g/mol. The molecule has 1 aromatic rings. The Bertz CT molecular complexity index is 450. The first-order valence-electron chi connectivity index (χ1n) is 6.92. The normalized spacial score (nSPS) is 17.9. The van der Waals surface area contributed by atoms with Crippen LogP contribution >= 0.6 is 0 Å². The maximum Gasteiger partial charge on any atom is 0.249 e. The van der Waals surface area contributed by atoms with Gasteiger partial charge in [0.2, 0.25) is 5.91 Å². The van der Waals surface area contributed by atoms with Gasteiger partial charge in [0, 0.05) is 20.2 Å². The van der Waals surface area contributed by atoms with Gasteiger partial charge in [-0.3, -0.25) is 4.79 Å². The zero-order valence-electron chi connectivity index (χ0n) is 11.9. The first-order chi connectivity index (χ1) is 9.77. The van der Waals surface area contributed by atoms with Crippen LogP contribution in [0.2, 0.25) is 0 Å². The second kappa shape index (κ2) is 7.38. The van der Waals surface area contributed by atoms with Gasteiger partial charge in [-0.05, 0) is 17.5 Å². The molecule has 0 spiro atoms. The second-order valence-electron chi connectivity index (χ2n) is 4.83. The number of carbonyl (C=O) groups is 1. The smallest absolute Gasteiger partial charge is 0.249 e. The summed E-state index contributed by atoms with van der Waals surface area (Å²) in [6, 6.07) is 8.13. The summed E-state index contributed by atoms with van der Waals surface area (Å²) in [6.07, 6.45) is 0.872. The third kappa shape index (κ3) is 3.36. The predicted molar refractivity (Wildman–Crippen MR) is 76.3 cm³/mol. The number of fused-ring (bicyclic) bond motifs is 1. The predicted octanol–water partition coefficient (Wildman–Crippen LogP) is 0.734. The molecule has 110 valence electrons. The minimum absolute atomic E-state index is 0.00828. The molecule has 1 heterocycles. The lowest BCUT2D eigenvalue weighted by molar-refractivity contribution is -0.139. The quantitative estimate of drug-likeness (QED) is 0.779. The van der Waals surface area contributed by atoms with Crippen LogP contribution in [0.15, 0.2) is 24.3 Å². The molecule has 2 N–H and O–H groups in total. The van der Waals surface area contributed by atoms with Gasteiger partial charge < -0.3 is 20.1 Å². The molecule has 0 saturated carbocycles. The van der Waals surface area contributed by atoms with E-state index < -0.39 is 0 Å². The molecular weight excluding hydrogens is 256 g/mol. The largest absolute Gasteiger partial charge is 0.382 e. The van der Waals surface area contributed by atoms with Gasteiger partial charge in [0.05, 0.1) is 19.3 Å². The summed E-state index contributed by atoms with van der Waals surface area (Å²) in [5, 5.41) is 0. The van der Waals surface area contributed by atoms with E-state index in [9.17, 15) is 4.79 Å². The maximum absolute atomic E-state index is 12.2. The summed E-state index contributed by atoms with van der Waals surface area (Å²) in [6.45, 7) is 2.14. The third-order valence-electron chi connectivity index (χ3n) is 3.61. The fourth-order valence-electron chi connectivity index (χ4n) is 2.59. The first kappa shape index (κ1) is 15.0. The number of benzene rings is 1. The van der Waals surface area contributed by atoms with E-state index in [4.69, 9.17) is 15.2 Å². The fourth-order valence-corrected chi connectivity index (χ4v) is 2.59. The molecule has 1 aliphatic rings.